The van der Waals surface area contributed by atoms with Crippen molar-refractivity contribution in [2.45, 2.75) is 32.4 Å². The standard InChI is InChI=1S/C15H23BrN2O/c1-11(17)12-5-7-18(8-6-12)10-13-3-4-14(16)9-15(13)19-2/h3-4,9,11-12H,5-8,10,17H2,1-2H3/t11-/m1/s1. The molecule has 106 valence electrons. The predicted molar refractivity (Wildman–Crippen MR) is 82.3 cm³/mol. The van der Waals surface area contributed by atoms with Crippen LogP contribution in [0.1, 0.15) is 25.3 Å². The maximum Gasteiger partial charge on any atom is 0.124 e. The van der Waals surface area contributed by atoms with Gasteiger partial charge < -0.3 is 10.5 Å². The minimum Gasteiger partial charge on any atom is -0.496 e. The molecule has 0 unspecified atom stereocenters. The van der Waals surface area contributed by atoms with Gasteiger partial charge in [-0.2, -0.15) is 0 Å². The molecule has 1 heterocycles. The summed E-state index contributed by atoms with van der Waals surface area (Å²) in [6, 6.07) is 6.57. The van der Waals surface area contributed by atoms with Gasteiger partial charge in [-0.05, 0) is 50.9 Å². The first-order valence-corrected chi connectivity index (χ1v) is 7.70. The molecule has 0 aromatic heterocycles. The smallest absolute Gasteiger partial charge is 0.124 e. The molecule has 0 aliphatic carbocycles. The van der Waals surface area contributed by atoms with Crippen LogP contribution in [0.4, 0.5) is 0 Å². The minimum absolute atomic E-state index is 0.323. The van der Waals surface area contributed by atoms with E-state index < -0.39 is 0 Å². The average molecular weight is 327 g/mol. The second-order valence-corrected chi connectivity index (χ2v) is 6.34. The molecule has 19 heavy (non-hydrogen) atoms. The molecular formula is C15H23BrN2O. The third kappa shape index (κ3) is 3.94. The number of halogens is 1. The highest BCUT2D eigenvalue weighted by molar-refractivity contribution is 9.10. The van der Waals surface area contributed by atoms with Gasteiger partial charge in [-0.25, -0.2) is 0 Å². The normalized spacial score (nSPS) is 19.4. The zero-order valence-corrected chi connectivity index (χ0v) is 13.3. The van der Waals surface area contributed by atoms with Crippen molar-refractivity contribution in [3.63, 3.8) is 0 Å². The Morgan fingerprint density at radius 1 is 1.42 bits per heavy atom. The molecule has 0 saturated carbocycles. The van der Waals surface area contributed by atoms with Crippen molar-refractivity contribution in [1.29, 1.82) is 0 Å². The molecule has 1 aromatic carbocycles. The fourth-order valence-corrected chi connectivity index (χ4v) is 3.07. The molecule has 1 saturated heterocycles. The Kier molecular flexibility index (Phi) is 5.25. The Morgan fingerprint density at radius 2 is 2.11 bits per heavy atom. The third-order valence-electron chi connectivity index (χ3n) is 4.02. The Balaban J connectivity index is 1.95. The first kappa shape index (κ1) is 14.8. The molecule has 0 radical (unpaired) electrons. The van der Waals surface area contributed by atoms with Crippen LogP contribution in [-0.2, 0) is 6.54 Å². The first-order chi connectivity index (χ1) is 9.10. The Labute approximate surface area is 124 Å². The lowest BCUT2D eigenvalue weighted by Crippen LogP contribution is -2.39. The summed E-state index contributed by atoms with van der Waals surface area (Å²) < 4.78 is 6.51. The Morgan fingerprint density at radius 3 is 2.68 bits per heavy atom. The molecular weight excluding hydrogens is 304 g/mol. The lowest BCUT2D eigenvalue weighted by Gasteiger charge is -2.33. The van der Waals surface area contributed by atoms with Crippen LogP contribution in [0.15, 0.2) is 22.7 Å². The van der Waals surface area contributed by atoms with E-state index in [1.807, 2.05) is 6.07 Å². The number of nitrogens with zero attached hydrogens (tertiary/aromatic N) is 1. The molecule has 4 heteroatoms. The third-order valence-corrected chi connectivity index (χ3v) is 4.51. The van der Waals surface area contributed by atoms with Gasteiger partial charge in [0.05, 0.1) is 7.11 Å². The topological polar surface area (TPSA) is 38.5 Å². The van der Waals surface area contributed by atoms with E-state index in [0.717, 1.165) is 29.9 Å². The van der Waals surface area contributed by atoms with E-state index in [-0.39, 0.29) is 0 Å². The summed E-state index contributed by atoms with van der Waals surface area (Å²) in [7, 11) is 1.73. The number of piperidine rings is 1. The molecule has 3 nitrogen and oxygen atoms in total. The molecule has 1 fully saturated rings. The van der Waals surface area contributed by atoms with Crippen molar-refractivity contribution in [2.24, 2.45) is 11.7 Å². The van der Waals surface area contributed by atoms with Gasteiger partial charge in [0.15, 0.2) is 0 Å². The minimum atomic E-state index is 0.323. The van der Waals surface area contributed by atoms with Crippen molar-refractivity contribution in [1.82, 2.24) is 4.90 Å². The molecule has 1 atom stereocenters. The van der Waals surface area contributed by atoms with Crippen LogP contribution >= 0.6 is 15.9 Å². The van der Waals surface area contributed by atoms with Crippen LogP contribution < -0.4 is 10.5 Å². The summed E-state index contributed by atoms with van der Waals surface area (Å²) in [6.45, 7) is 5.34. The highest BCUT2D eigenvalue weighted by Gasteiger charge is 2.22. The van der Waals surface area contributed by atoms with Crippen molar-refractivity contribution in [3.05, 3.63) is 28.2 Å². The van der Waals surface area contributed by atoms with Gasteiger partial charge in [-0.3, -0.25) is 4.90 Å². The van der Waals surface area contributed by atoms with Gasteiger partial charge in [0.25, 0.3) is 0 Å². The van der Waals surface area contributed by atoms with Crippen molar-refractivity contribution in [3.8, 4) is 5.75 Å². The molecule has 0 spiro atoms. The molecule has 1 aliphatic heterocycles. The molecule has 1 aromatic rings. The summed E-state index contributed by atoms with van der Waals surface area (Å²) in [5.41, 5.74) is 7.24. The zero-order valence-electron chi connectivity index (χ0n) is 11.7. The number of rotatable bonds is 4. The van der Waals surface area contributed by atoms with Crippen molar-refractivity contribution >= 4 is 15.9 Å². The van der Waals surface area contributed by atoms with E-state index in [2.05, 4.69) is 39.9 Å². The van der Waals surface area contributed by atoms with Gasteiger partial charge in [-0.1, -0.05) is 22.0 Å². The average Bonchev–Trinajstić information content (AvgIpc) is 2.41. The van der Waals surface area contributed by atoms with Crippen molar-refractivity contribution < 1.29 is 4.74 Å². The van der Waals surface area contributed by atoms with Gasteiger partial charge in [0, 0.05) is 22.6 Å². The van der Waals surface area contributed by atoms with E-state index in [1.54, 1.807) is 7.11 Å². The predicted octanol–water partition coefficient (Wildman–Crippen LogP) is 3.02. The lowest BCUT2D eigenvalue weighted by molar-refractivity contribution is 0.164. The van der Waals surface area contributed by atoms with Crippen molar-refractivity contribution in [2.75, 3.05) is 20.2 Å². The SMILES string of the molecule is COc1cc(Br)ccc1CN1CCC([C@@H](C)N)CC1. The quantitative estimate of drug-likeness (QED) is 0.924. The number of methoxy groups -OCH3 is 1. The second kappa shape index (κ2) is 6.73. The van der Waals surface area contributed by atoms with Gasteiger partial charge in [0.1, 0.15) is 5.75 Å². The number of nitrogens with two attached hydrogens (primary N) is 1. The number of ether oxygens (including phenoxy) is 1. The highest BCUT2D eigenvalue weighted by Crippen LogP contribution is 2.27. The van der Waals surface area contributed by atoms with Crippen LogP contribution in [-0.4, -0.2) is 31.1 Å². The number of benzene rings is 1. The fourth-order valence-electron chi connectivity index (χ4n) is 2.73. The lowest BCUT2D eigenvalue weighted by atomic mass is 9.91. The van der Waals surface area contributed by atoms with Gasteiger partial charge >= 0.3 is 0 Å². The molecule has 2 N–H and O–H groups in total. The monoisotopic (exact) mass is 326 g/mol. The Bertz CT molecular complexity index is 415. The zero-order chi connectivity index (χ0) is 13.8. The van der Waals surface area contributed by atoms with Crippen LogP contribution in [0.25, 0.3) is 0 Å². The van der Waals surface area contributed by atoms with Crippen LogP contribution in [0, 0.1) is 5.92 Å². The van der Waals surface area contributed by atoms with E-state index in [4.69, 9.17) is 10.5 Å². The van der Waals surface area contributed by atoms with Crippen LogP contribution in [0.3, 0.4) is 0 Å². The number of hydrogen-bond acceptors (Lipinski definition) is 3. The maximum atomic E-state index is 5.98. The Hall–Kier alpha value is -0.580. The molecule has 0 bridgehead atoms. The number of hydrogen-bond donors (Lipinski definition) is 1. The summed E-state index contributed by atoms with van der Waals surface area (Å²) >= 11 is 3.48. The summed E-state index contributed by atoms with van der Waals surface area (Å²) in [5.74, 6) is 1.65. The first-order valence-electron chi connectivity index (χ1n) is 6.90. The highest BCUT2D eigenvalue weighted by atomic mass is 79.9. The maximum absolute atomic E-state index is 5.98. The van der Waals surface area contributed by atoms with Gasteiger partial charge in [0.2, 0.25) is 0 Å². The van der Waals surface area contributed by atoms with Crippen LogP contribution in [0.5, 0.6) is 5.75 Å². The summed E-state index contributed by atoms with van der Waals surface area (Å²) in [5, 5.41) is 0. The fraction of sp³-hybridized carbons (Fsp3) is 0.600. The van der Waals surface area contributed by atoms with E-state index >= 15 is 0 Å². The van der Waals surface area contributed by atoms with Crippen LogP contribution in [0.2, 0.25) is 0 Å². The molecule has 2 rings (SSSR count). The largest absolute Gasteiger partial charge is 0.496 e. The molecule has 1 aliphatic rings. The summed E-state index contributed by atoms with van der Waals surface area (Å²) in [4.78, 5) is 2.49. The van der Waals surface area contributed by atoms with E-state index in [1.165, 1.54) is 18.4 Å². The van der Waals surface area contributed by atoms with E-state index in [0.29, 0.717) is 12.0 Å². The summed E-state index contributed by atoms with van der Waals surface area (Å²) in [6.07, 6.45) is 2.41. The van der Waals surface area contributed by atoms with Gasteiger partial charge in [-0.15, -0.1) is 0 Å². The molecule has 0 amide bonds. The second-order valence-electron chi connectivity index (χ2n) is 5.43. The van der Waals surface area contributed by atoms with E-state index in [9.17, 15) is 0 Å². The number of likely N-dealkylation sites (tertiary alicyclic amines) is 1.